The first-order valence-electron chi connectivity index (χ1n) is 8.06. The van der Waals surface area contributed by atoms with Crippen molar-refractivity contribution in [3.63, 3.8) is 0 Å². The number of H-pyrrole nitrogens is 1. The first-order valence-corrected chi connectivity index (χ1v) is 9.50. The molecule has 0 atom stereocenters. The van der Waals surface area contributed by atoms with Crippen LogP contribution in [-0.4, -0.2) is 46.1 Å². The SMILES string of the molecule is COc1cccc(CNc2ccc(S(=O)(=O)N3CCOCC3)c[nH+]2)c1. The van der Waals surface area contributed by atoms with Crippen molar-refractivity contribution in [2.24, 2.45) is 0 Å². The van der Waals surface area contributed by atoms with Crippen LogP contribution in [-0.2, 0) is 21.3 Å². The van der Waals surface area contributed by atoms with Gasteiger partial charge in [-0.3, -0.25) is 5.32 Å². The number of pyridine rings is 1. The Morgan fingerprint density at radius 3 is 2.72 bits per heavy atom. The quantitative estimate of drug-likeness (QED) is 0.831. The number of ether oxygens (including phenoxy) is 2. The molecule has 1 aliphatic heterocycles. The zero-order chi connectivity index (χ0) is 17.7. The molecule has 134 valence electrons. The van der Waals surface area contributed by atoms with Crippen LogP contribution in [0.2, 0.25) is 0 Å². The molecular weight excluding hydrogens is 342 g/mol. The second-order valence-electron chi connectivity index (χ2n) is 5.66. The summed E-state index contributed by atoms with van der Waals surface area (Å²) in [4.78, 5) is 3.25. The van der Waals surface area contributed by atoms with Crippen LogP contribution in [0.3, 0.4) is 0 Å². The second-order valence-corrected chi connectivity index (χ2v) is 7.60. The summed E-state index contributed by atoms with van der Waals surface area (Å²) in [7, 11) is -1.84. The first-order chi connectivity index (χ1) is 12.1. The van der Waals surface area contributed by atoms with Crippen molar-refractivity contribution in [3.8, 4) is 5.75 Å². The predicted molar refractivity (Wildman–Crippen MR) is 92.9 cm³/mol. The Morgan fingerprint density at radius 2 is 2.04 bits per heavy atom. The van der Waals surface area contributed by atoms with Crippen LogP contribution in [0.15, 0.2) is 47.5 Å². The third-order valence-electron chi connectivity index (χ3n) is 4.01. The Morgan fingerprint density at radius 1 is 1.24 bits per heavy atom. The maximum absolute atomic E-state index is 12.6. The Bertz CT molecular complexity index is 803. The molecule has 0 bridgehead atoms. The van der Waals surface area contributed by atoms with E-state index in [0.717, 1.165) is 17.1 Å². The van der Waals surface area contributed by atoms with Gasteiger partial charge < -0.3 is 9.47 Å². The number of nitrogens with one attached hydrogen (secondary N) is 2. The number of nitrogens with zero attached hydrogens (tertiary/aromatic N) is 1. The number of benzene rings is 1. The molecule has 25 heavy (non-hydrogen) atoms. The number of hydrogen-bond acceptors (Lipinski definition) is 5. The molecule has 0 spiro atoms. The Kier molecular flexibility index (Phi) is 5.52. The maximum atomic E-state index is 12.6. The molecule has 2 heterocycles. The second kappa shape index (κ2) is 7.81. The van der Waals surface area contributed by atoms with Crippen LogP contribution in [0.5, 0.6) is 5.75 Å². The van der Waals surface area contributed by atoms with Gasteiger partial charge in [-0.25, -0.2) is 13.4 Å². The van der Waals surface area contributed by atoms with Crippen molar-refractivity contribution in [2.45, 2.75) is 11.4 Å². The highest BCUT2D eigenvalue weighted by atomic mass is 32.2. The Labute approximate surface area is 147 Å². The number of sulfonamides is 1. The highest BCUT2D eigenvalue weighted by molar-refractivity contribution is 7.89. The van der Waals surface area contributed by atoms with Gasteiger partial charge in [-0.15, -0.1) is 0 Å². The summed E-state index contributed by atoms with van der Waals surface area (Å²) in [6.07, 6.45) is 1.51. The van der Waals surface area contributed by atoms with Gasteiger partial charge in [0.05, 0.1) is 20.3 Å². The fraction of sp³-hybridized carbons (Fsp3) is 0.353. The van der Waals surface area contributed by atoms with Gasteiger partial charge in [-0.2, -0.15) is 4.31 Å². The summed E-state index contributed by atoms with van der Waals surface area (Å²) in [6.45, 7) is 2.24. The van der Waals surface area contributed by atoms with E-state index in [4.69, 9.17) is 9.47 Å². The molecule has 0 aliphatic carbocycles. The zero-order valence-electron chi connectivity index (χ0n) is 14.1. The van der Waals surface area contributed by atoms with E-state index < -0.39 is 10.0 Å². The summed E-state index contributed by atoms with van der Waals surface area (Å²) in [5.74, 6) is 1.54. The highest BCUT2D eigenvalue weighted by Crippen LogP contribution is 2.17. The number of aromatic amines is 1. The molecule has 0 radical (unpaired) electrons. The average molecular weight is 364 g/mol. The van der Waals surface area contributed by atoms with Gasteiger partial charge >= 0.3 is 0 Å². The van der Waals surface area contributed by atoms with Gasteiger partial charge in [0.2, 0.25) is 10.0 Å². The van der Waals surface area contributed by atoms with Crippen molar-refractivity contribution >= 4 is 15.8 Å². The van der Waals surface area contributed by atoms with Crippen LogP contribution in [0.1, 0.15) is 5.56 Å². The van der Waals surface area contributed by atoms with Crippen LogP contribution in [0.25, 0.3) is 0 Å². The molecule has 1 aromatic heterocycles. The standard InChI is InChI=1S/C17H21N3O4S/c1-23-15-4-2-3-14(11-15)12-18-17-6-5-16(13-19-17)25(21,22)20-7-9-24-10-8-20/h2-6,11,13H,7-10,12H2,1H3,(H,18,19)/p+1. The van der Waals surface area contributed by atoms with Gasteiger partial charge in [0.15, 0.2) is 0 Å². The summed E-state index contributed by atoms with van der Waals surface area (Å²) in [5, 5.41) is 3.23. The molecule has 7 nitrogen and oxygen atoms in total. The molecule has 1 saturated heterocycles. The molecule has 1 fully saturated rings. The molecule has 0 amide bonds. The minimum absolute atomic E-state index is 0.251. The molecule has 2 N–H and O–H groups in total. The van der Waals surface area contributed by atoms with E-state index in [2.05, 4.69) is 10.3 Å². The third kappa shape index (κ3) is 4.28. The van der Waals surface area contributed by atoms with Crippen molar-refractivity contribution in [1.82, 2.24) is 4.31 Å². The van der Waals surface area contributed by atoms with E-state index in [1.165, 1.54) is 10.5 Å². The van der Waals surface area contributed by atoms with E-state index in [9.17, 15) is 8.42 Å². The van der Waals surface area contributed by atoms with Gasteiger partial charge in [-0.05, 0) is 23.8 Å². The molecular formula is C17H22N3O4S+. The molecule has 0 unspecified atom stereocenters. The van der Waals surface area contributed by atoms with Gasteiger partial charge in [0.1, 0.15) is 23.4 Å². The number of morpholine rings is 1. The number of methoxy groups -OCH3 is 1. The Balaban J connectivity index is 1.65. The first kappa shape index (κ1) is 17.7. The highest BCUT2D eigenvalue weighted by Gasteiger charge is 2.27. The lowest BCUT2D eigenvalue weighted by Crippen LogP contribution is -2.40. The van der Waals surface area contributed by atoms with Crippen LogP contribution < -0.4 is 15.0 Å². The number of aromatic nitrogens is 1. The summed E-state index contributed by atoms with van der Waals surface area (Å²) in [5.41, 5.74) is 1.07. The minimum atomic E-state index is -3.48. The van der Waals surface area contributed by atoms with Crippen molar-refractivity contribution < 1.29 is 22.9 Å². The summed E-state index contributed by atoms with van der Waals surface area (Å²) >= 11 is 0. The lowest BCUT2D eigenvalue weighted by atomic mass is 10.2. The number of anilines is 1. The van der Waals surface area contributed by atoms with E-state index in [0.29, 0.717) is 32.8 Å². The molecule has 2 aromatic rings. The van der Waals surface area contributed by atoms with Crippen molar-refractivity contribution in [3.05, 3.63) is 48.2 Å². The van der Waals surface area contributed by atoms with Crippen molar-refractivity contribution in [1.29, 1.82) is 0 Å². The van der Waals surface area contributed by atoms with E-state index in [-0.39, 0.29) is 4.90 Å². The van der Waals surface area contributed by atoms with Crippen LogP contribution in [0.4, 0.5) is 5.82 Å². The normalized spacial score (nSPS) is 15.7. The molecule has 8 heteroatoms. The molecule has 1 aromatic carbocycles. The fourth-order valence-corrected chi connectivity index (χ4v) is 3.97. The zero-order valence-corrected chi connectivity index (χ0v) is 14.9. The Hall–Kier alpha value is -2.16. The smallest absolute Gasteiger partial charge is 0.272 e. The summed E-state index contributed by atoms with van der Waals surface area (Å²) in [6, 6.07) is 11.1. The third-order valence-corrected chi connectivity index (χ3v) is 5.90. The summed E-state index contributed by atoms with van der Waals surface area (Å²) < 4.78 is 37.0. The lowest BCUT2D eigenvalue weighted by Gasteiger charge is -2.25. The number of rotatable bonds is 6. The monoisotopic (exact) mass is 364 g/mol. The van der Waals surface area contributed by atoms with Gasteiger partial charge in [0, 0.05) is 19.2 Å². The minimum Gasteiger partial charge on any atom is -0.497 e. The van der Waals surface area contributed by atoms with Gasteiger partial charge in [0.25, 0.3) is 5.82 Å². The lowest BCUT2D eigenvalue weighted by molar-refractivity contribution is -0.364. The van der Waals surface area contributed by atoms with E-state index in [1.54, 1.807) is 19.2 Å². The topological polar surface area (TPSA) is 82.0 Å². The fourth-order valence-electron chi connectivity index (χ4n) is 2.60. The van der Waals surface area contributed by atoms with Crippen LogP contribution >= 0.6 is 0 Å². The van der Waals surface area contributed by atoms with Crippen LogP contribution in [0, 0.1) is 0 Å². The van der Waals surface area contributed by atoms with Crippen molar-refractivity contribution in [2.75, 3.05) is 38.7 Å². The maximum Gasteiger partial charge on any atom is 0.272 e. The molecule has 3 rings (SSSR count). The van der Waals surface area contributed by atoms with Gasteiger partial charge in [-0.1, -0.05) is 12.1 Å². The largest absolute Gasteiger partial charge is 0.497 e. The predicted octanol–water partition coefficient (Wildman–Crippen LogP) is 1.14. The average Bonchev–Trinajstić information content (AvgIpc) is 2.67. The number of hydrogen-bond donors (Lipinski definition) is 1. The van der Waals surface area contributed by atoms with E-state index >= 15 is 0 Å². The molecule has 1 aliphatic rings. The molecule has 0 saturated carbocycles. The van der Waals surface area contributed by atoms with E-state index in [1.807, 2.05) is 24.3 Å².